The number of aliphatic imine (C=N–C) groups is 1. The van der Waals surface area contributed by atoms with Crippen LogP contribution in [-0.4, -0.2) is 54.9 Å². The molecule has 1 fully saturated rings. The van der Waals surface area contributed by atoms with Gasteiger partial charge in [-0.3, -0.25) is 9.79 Å². The normalized spacial score (nSPS) is 14.7. The van der Waals surface area contributed by atoms with Crippen LogP contribution in [0.15, 0.2) is 29.3 Å². The van der Waals surface area contributed by atoms with E-state index in [2.05, 4.69) is 53.3 Å². The Balaban J connectivity index is 1.89. The molecular weight excluding hydrogens is 312 g/mol. The summed E-state index contributed by atoms with van der Waals surface area (Å²) in [6.07, 6.45) is 3.83. The largest absolute Gasteiger partial charge is 0.357 e. The van der Waals surface area contributed by atoms with E-state index in [9.17, 15) is 4.79 Å². The van der Waals surface area contributed by atoms with Crippen molar-refractivity contribution in [3.63, 3.8) is 0 Å². The van der Waals surface area contributed by atoms with Gasteiger partial charge in [-0.25, -0.2) is 0 Å². The molecule has 0 atom stereocenters. The molecule has 5 heteroatoms. The maximum atomic E-state index is 12.1. The standard InChI is InChI=1S/C20H32N4O/c1-4-17-8-10-18(11-9-17)16-23(3)20(21-5-2)22-13-12-19(25)24-14-6-7-15-24/h8-11H,4-7,12-16H2,1-3H3,(H,21,22). The molecule has 0 saturated carbocycles. The van der Waals surface area contributed by atoms with Crippen LogP contribution in [0.4, 0.5) is 0 Å². The Hall–Kier alpha value is -2.04. The van der Waals surface area contributed by atoms with Gasteiger partial charge in [-0.1, -0.05) is 31.2 Å². The van der Waals surface area contributed by atoms with Crippen molar-refractivity contribution in [1.82, 2.24) is 15.1 Å². The highest BCUT2D eigenvalue weighted by Crippen LogP contribution is 2.09. The van der Waals surface area contributed by atoms with Crippen molar-refractivity contribution in [3.05, 3.63) is 35.4 Å². The SMILES string of the molecule is CCNC(=NCCC(=O)N1CCCC1)N(C)Cc1ccc(CC)cc1. The molecule has 1 N–H and O–H groups in total. The smallest absolute Gasteiger partial charge is 0.224 e. The first kappa shape index (κ1) is 19.3. The number of rotatable bonds is 7. The van der Waals surface area contributed by atoms with Crippen molar-refractivity contribution >= 4 is 11.9 Å². The third kappa shape index (κ3) is 6.07. The average Bonchev–Trinajstić information content (AvgIpc) is 3.16. The summed E-state index contributed by atoms with van der Waals surface area (Å²) in [5.41, 5.74) is 2.62. The maximum Gasteiger partial charge on any atom is 0.224 e. The van der Waals surface area contributed by atoms with Gasteiger partial charge < -0.3 is 15.1 Å². The second-order valence-corrected chi connectivity index (χ2v) is 6.60. The number of hydrogen-bond donors (Lipinski definition) is 1. The zero-order chi connectivity index (χ0) is 18.1. The van der Waals surface area contributed by atoms with E-state index in [-0.39, 0.29) is 5.91 Å². The molecule has 0 radical (unpaired) electrons. The lowest BCUT2D eigenvalue weighted by atomic mass is 10.1. The average molecular weight is 345 g/mol. The topological polar surface area (TPSA) is 47.9 Å². The van der Waals surface area contributed by atoms with Gasteiger partial charge >= 0.3 is 0 Å². The second kappa shape index (κ2) is 10.1. The Kier molecular flexibility index (Phi) is 7.76. The van der Waals surface area contributed by atoms with Crippen LogP contribution in [0.5, 0.6) is 0 Å². The molecule has 0 aromatic heterocycles. The van der Waals surface area contributed by atoms with E-state index in [0.717, 1.165) is 51.4 Å². The Morgan fingerprint density at radius 2 is 1.80 bits per heavy atom. The fraction of sp³-hybridized carbons (Fsp3) is 0.600. The van der Waals surface area contributed by atoms with Crippen molar-refractivity contribution < 1.29 is 4.79 Å². The summed E-state index contributed by atoms with van der Waals surface area (Å²) in [5.74, 6) is 1.09. The number of nitrogens with zero attached hydrogens (tertiary/aromatic N) is 3. The van der Waals surface area contributed by atoms with E-state index in [1.165, 1.54) is 11.1 Å². The Morgan fingerprint density at radius 1 is 1.16 bits per heavy atom. The lowest BCUT2D eigenvalue weighted by Gasteiger charge is -2.22. The van der Waals surface area contributed by atoms with Gasteiger partial charge in [0.15, 0.2) is 5.96 Å². The highest BCUT2D eigenvalue weighted by molar-refractivity contribution is 5.81. The molecule has 1 heterocycles. The van der Waals surface area contributed by atoms with E-state index < -0.39 is 0 Å². The summed E-state index contributed by atoms with van der Waals surface area (Å²) in [5, 5.41) is 3.32. The number of carbonyl (C=O) groups is 1. The molecule has 1 amide bonds. The van der Waals surface area contributed by atoms with Crippen LogP contribution in [0.3, 0.4) is 0 Å². The minimum Gasteiger partial charge on any atom is -0.357 e. The van der Waals surface area contributed by atoms with Crippen molar-refractivity contribution in [2.75, 3.05) is 33.2 Å². The van der Waals surface area contributed by atoms with E-state index in [0.29, 0.717) is 13.0 Å². The van der Waals surface area contributed by atoms with Crippen LogP contribution in [0.1, 0.15) is 44.2 Å². The van der Waals surface area contributed by atoms with Gasteiger partial charge in [-0.05, 0) is 37.3 Å². The lowest BCUT2D eigenvalue weighted by molar-refractivity contribution is -0.129. The van der Waals surface area contributed by atoms with Gasteiger partial charge in [0.05, 0.1) is 6.54 Å². The molecule has 1 aliphatic rings. The van der Waals surface area contributed by atoms with Crippen LogP contribution in [0, 0.1) is 0 Å². The quantitative estimate of drug-likeness (QED) is 0.611. The van der Waals surface area contributed by atoms with Gasteiger partial charge in [0, 0.05) is 39.6 Å². The highest BCUT2D eigenvalue weighted by Gasteiger charge is 2.17. The Morgan fingerprint density at radius 3 is 2.40 bits per heavy atom. The second-order valence-electron chi connectivity index (χ2n) is 6.60. The van der Waals surface area contributed by atoms with Crippen molar-refractivity contribution in [3.8, 4) is 0 Å². The van der Waals surface area contributed by atoms with Crippen molar-refractivity contribution in [2.45, 2.75) is 46.1 Å². The monoisotopic (exact) mass is 344 g/mol. The third-order valence-corrected chi connectivity index (χ3v) is 4.59. The molecule has 0 spiro atoms. The van der Waals surface area contributed by atoms with Gasteiger partial charge in [0.1, 0.15) is 0 Å². The minimum absolute atomic E-state index is 0.231. The van der Waals surface area contributed by atoms with Crippen LogP contribution in [0.2, 0.25) is 0 Å². The molecule has 2 rings (SSSR count). The fourth-order valence-electron chi connectivity index (χ4n) is 3.08. The molecular formula is C20H32N4O. The number of nitrogens with one attached hydrogen (secondary N) is 1. The van der Waals surface area contributed by atoms with E-state index in [1.54, 1.807) is 0 Å². The predicted octanol–water partition coefficient (Wildman–Crippen LogP) is 2.66. The molecule has 1 aromatic rings. The van der Waals surface area contributed by atoms with Crippen molar-refractivity contribution in [1.29, 1.82) is 0 Å². The summed E-state index contributed by atoms with van der Waals surface area (Å²) in [4.78, 5) is 20.8. The summed E-state index contributed by atoms with van der Waals surface area (Å²) in [7, 11) is 2.04. The number of aryl methyl sites for hydroxylation is 1. The number of amides is 1. The number of benzene rings is 1. The van der Waals surface area contributed by atoms with Crippen LogP contribution in [-0.2, 0) is 17.8 Å². The highest BCUT2D eigenvalue weighted by atomic mass is 16.2. The first-order chi connectivity index (χ1) is 12.1. The molecule has 25 heavy (non-hydrogen) atoms. The van der Waals surface area contributed by atoms with Crippen LogP contribution in [0.25, 0.3) is 0 Å². The molecule has 1 aliphatic heterocycles. The van der Waals surface area contributed by atoms with Crippen molar-refractivity contribution in [2.24, 2.45) is 4.99 Å². The molecule has 1 aromatic carbocycles. The molecule has 5 nitrogen and oxygen atoms in total. The van der Waals surface area contributed by atoms with E-state index in [1.807, 2.05) is 11.9 Å². The zero-order valence-corrected chi connectivity index (χ0v) is 15.9. The minimum atomic E-state index is 0.231. The Bertz CT molecular complexity index is 562. The molecule has 138 valence electrons. The summed E-state index contributed by atoms with van der Waals surface area (Å²) >= 11 is 0. The number of carbonyl (C=O) groups excluding carboxylic acids is 1. The molecule has 0 bridgehead atoms. The summed E-state index contributed by atoms with van der Waals surface area (Å²) in [6, 6.07) is 8.72. The van der Waals surface area contributed by atoms with Crippen LogP contribution >= 0.6 is 0 Å². The van der Waals surface area contributed by atoms with Gasteiger partial charge in [-0.2, -0.15) is 0 Å². The van der Waals surface area contributed by atoms with Gasteiger partial charge in [0.2, 0.25) is 5.91 Å². The first-order valence-electron chi connectivity index (χ1n) is 9.49. The lowest BCUT2D eigenvalue weighted by Crippen LogP contribution is -2.38. The van der Waals surface area contributed by atoms with Crippen LogP contribution < -0.4 is 5.32 Å². The van der Waals surface area contributed by atoms with E-state index in [4.69, 9.17) is 0 Å². The summed E-state index contributed by atoms with van der Waals surface area (Å²) < 4.78 is 0. The predicted molar refractivity (Wildman–Crippen MR) is 104 cm³/mol. The molecule has 0 unspecified atom stereocenters. The molecule has 0 aliphatic carbocycles. The first-order valence-corrected chi connectivity index (χ1v) is 9.49. The number of likely N-dealkylation sites (tertiary alicyclic amines) is 1. The summed E-state index contributed by atoms with van der Waals surface area (Å²) in [6.45, 7) is 8.21. The zero-order valence-electron chi connectivity index (χ0n) is 15.9. The third-order valence-electron chi connectivity index (χ3n) is 4.59. The number of guanidine groups is 1. The fourth-order valence-corrected chi connectivity index (χ4v) is 3.08. The molecule has 1 saturated heterocycles. The van der Waals surface area contributed by atoms with E-state index >= 15 is 0 Å². The number of hydrogen-bond acceptors (Lipinski definition) is 2. The van der Waals surface area contributed by atoms with Gasteiger partial charge in [0.25, 0.3) is 0 Å². The maximum absolute atomic E-state index is 12.1. The Labute approximate surface area is 152 Å². The van der Waals surface area contributed by atoms with Gasteiger partial charge in [-0.15, -0.1) is 0 Å².